The van der Waals surface area contributed by atoms with Gasteiger partial charge < -0.3 is 14.4 Å². The van der Waals surface area contributed by atoms with Crippen molar-refractivity contribution in [2.45, 2.75) is 13.0 Å². The molecule has 0 spiro atoms. The fourth-order valence-corrected chi connectivity index (χ4v) is 3.86. The van der Waals surface area contributed by atoms with Crippen LogP contribution in [0.25, 0.3) is 11.0 Å². The first-order valence-electron chi connectivity index (χ1n) is 8.36. The summed E-state index contributed by atoms with van der Waals surface area (Å²) in [4.78, 5) is 27.6. The minimum absolute atomic E-state index is 0.00681. The Morgan fingerprint density at radius 1 is 1.19 bits per heavy atom. The second-order valence-electron chi connectivity index (χ2n) is 6.45. The first-order valence-corrected chi connectivity index (χ1v) is 9.12. The van der Waals surface area contributed by atoms with Gasteiger partial charge in [-0.25, -0.2) is 0 Å². The molecule has 1 aromatic heterocycles. The van der Waals surface area contributed by atoms with E-state index in [-0.39, 0.29) is 29.9 Å². The SMILES string of the molecule is Cc1cc2oc3c(c(=O)c2cc1Cl)C(c1cccc(Cl)c1)N(CCO)C3=O. The summed E-state index contributed by atoms with van der Waals surface area (Å²) < 4.78 is 5.83. The molecule has 1 N–H and O–H groups in total. The highest BCUT2D eigenvalue weighted by atomic mass is 35.5. The lowest BCUT2D eigenvalue weighted by Gasteiger charge is -2.24. The average Bonchev–Trinajstić information content (AvgIpc) is 2.90. The maximum Gasteiger partial charge on any atom is 0.290 e. The molecule has 1 atom stereocenters. The van der Waals surface area contributed by atoms with Gasteiger partial charge in [0.1, 0.15) is 5.58 Å². The standard InChI is InChI=1S/C20H15Cl2NO4/c1-10-7-15-13(9-14(10)22)18(25)16-17(11-3-2-4-12(21)8-11)23(5-6-24)20(26)19(16)27-15/h2-4,7-9,17,24H,5-6H2,1H3. The van der Waals surface area contributed by atoms with E-state index >= 15 is 0 Å². The molecule has 138 valence electrons. The van der Waals surface area contributed by atoms with Gasteiger partial charge in [0.25, 0.3) is 5.91 Å². The molecule has 7 heteroatoms. The summed E-state index contributed by atoms with van der Waals surface area (Å²) in [5, 5.41) is 10.7. The molecule has 0 saturated carbocycles. The maximum atomic E-state index is 13.3. The van der Waals surface area contributed by atoms with E-state index in [9.17, 15) is 14.7 Å². The largest absolute Gasteiger partial charge is 0.450 e. The highest BCUT2D eigenvalue weighted by Gasteiger charge is 2.42. The molecule has 2 aromatic carbocycles. The van der Waals surface area contributed by atoms with Crippen molar-refractivity contribution in [3.63, 3.8) is 0 Å². The van der Waals surface area contributed by atoms with E-state index in [1.165, 1.54) is 4.90 Å². The van der Waals surface area contributed by atoms with Crippen LogP contribution in [0, 0.1) is 6.92 Å². The zero-order chi connectivity index (χ0) is 19.3. The third-order valence-corrected chi connectivity index (χ3v) is 5.39. The van der Waals surface area contributed by atoms with Crippen molar-refractivity contribution in [2.75, 3.05) is 13.2 Å². The molecule has 2 heterocycles. The second kappa shape index (κ2) is 6.68. The van der Waals surface area contributed by atoms with Crippen molar-refractivity contribution in [1.29, 1.82) is 0 Å². The quantitative estimate of drug-likeness (QED) is 0.718. The number of rotatable bonds is 3. The minimum atomic E-state index is -0.681. The van der Waals surface area contributed by atoms with Crippen LogP contribution in [0.4, 0.5) is 0 Å². The van der Waals surface area contributed by atoms with Gasteiger partial charge in [-0.15, -0.1) is 0 Å². The molecule has 0 aliphatic carbocycles. The monoisotopic (exact) mass is 403 g/mol. The van der Waals surface area contributed by atoms with Crippen LogP contribution in [0.5, 0.6) is 0 Å². The molecule has 0 bridgehead atoms. The number of aliphatic hydroxyl groups is 1. The van der Waals surface area contributed by atoms with Crippen LogP contribution >= 0.6 is 23.2 Å². The molecule has 1 unspecified atom stereocenters. The van der Waals surface area contributed by atoms with Crippen molar-refractivity contribution in [3.05, 3.63) is 79.1 Å². The maximum absolute atomic E-state index is 13.3. The third kappa shape index (κ3) is 2.83. The number of hydrogen-bond donors (Lipinski definition) is 1. The fourth-order valence-electron chi connectivity index (χ4n) is 3.50. The lowest BCUT2D eigenvalue weighted by Crippen LogP contribution is -2.32. The summed E-state index contributed by atoms with van der Waals surface area (Å²) in [5.41, 5.74) is 1.66. The van der Waals surface area contributed by atoms with E-state index in [0.717, 1.165) is 5.56 Å². The molecule has 5 nitrogen and oxygen atoms in total. The van der Waals surface area contributed by atoms with E-state index in [1.807, 2.05) is 0 Å². The van der Waals surface area contributed by atoms with Crippen molar-refractivity contribution in [3.8, 4) is 0 Å². The van der Waals surface area contributed by atoms with Gasteiger partial charge in [-0.3, -0.25) is 9.59 Å². The van der Waals surface area contributed by atoms with Gasteiger partial charge in [-0.1, -0.05) is 35.3 Å². The van der Waals surface area contributed by atoms with E-state index in [1.54, 1.807) is 43.3 Å². The summed E-state index contributed by atoms with van der Waals surface area (Å²) in [6.45, 7) is 1.62. The van der Waals surface area contributed by atoms with Gasteiger partial charge in [0.15, 0.2) is 5.43 Å². The van der Waals surface area contributed by atoms with E-state index in [2.05, 4.69) is 0 Å². The van der Waals surface area contributed by atoms with Crippen LogP contribution in [0.2, 0.25) is 10.0 Å². The van der Waals surface area contributed by atoms with Crippen LogP contribution in [0.3, 0.4) is 0 Å². The summed E-state index contributed by atoms with van der Waals surface area (Å²) in [5.74, 6) is -0.441. The average molecular weight is 404 g/mol. The topological polar surface area (TPSA) is 70.8 Å². The van der Waals surface area contributed by atoms with Gasteiger partial charge >= 0.3 is 0 Å². The van der Waals surface area contributed by atoms with Crippen LogP contribution in [-0.4, -0.2) is 29.1 Å². The van der Waals surface area contributed by atoms with Crippen LogP contribution in [0.15, 0.2) is 45.6 Å². The highest BCUT2D eigenvalue weighted by molar-refractivity contribution is 6.32. The van der Waals surface area contributed by atoms with Crippen molar-refractivity contribution < 1.29 is 14.3 Å². The number of fused-ring (bicyclic) bond motifs is 2. The van der Waals surface area contributed by atoms with Crippen LogP contribution in [0.1, 0.15) is 33.3 Å². The van der Waals surface area contributed by atoms with Gasteiger partial charge in [0.2, 0.25) is 5.76 Å². The molecule has 1 aliphatic heterocycles. The lowest BCUT2D eigenvalue weighted by atomic mass is 9.98. The Morgan fingerprint density at radius 2 is 1.96 bits per heavy atom. The molecule has 0 saturated heterocycles. The molecule has 4 rings (SSSR count). The molecular formula is C20H15Cl2NO4. The number of carbonyl (C=O) groups excluding carboxylic acids is 1. The number of carbonyl (C=O) groups is 1. The summed E-state index contributed by atoms with van der Waals surface area (Å²) in [6, 6.07) is 9.48. The number of aryl methyl sites for hydroxylation is 1. The van der Waals surface area contributed by atoms with Gasteiger partial charge in [0, 0.05) is 16.6 Å². The fraction of sp³-hybridized carbons (Fsp3) is 0.200. The first kappa shape index (κ1) is 18.0. The Bertz CT molecular complexity index is 1140. The molecular weight excluding hydrogens is 389 g/mol. The van der Waals surface area contributed by atoms with Crippen molar-refractivity contribution in [2.24, 2.45) is 0 Å². The Kier molecular flexibility index (Phi) is 4.46. The van der Waals surface area contributed by atoms with Crippen LogP contribution < -0.4 is 5.43 Å². The Morgan fingerprint density at radius 3 is 2.67 bits per heavy atom. The van der Waals surface area contributed by atoms with Gasteiger partial charge in [0.05, 0.1) is 23.6 Å². The third-order valence-electron chi connectivity index (χ3n) is 4.75. The zero-order valence-electron chi connectivity index (χ0n) is 14.3. The number of amides is 1. The zero-order valence-corrected chi connectivity index (χ0v) is 15.8. The van der Waals surface area contributed by atoms with E-state index in [0.29, 0.717) is 26.6 Å². The summed E-state index contributed by atoms with van der Waals surface area (Å²) in [6.07, 6.45) is 0. The first-order chi connectivity index (χ1) is 12.9. The second-order valence-corrected chi connectivity index (χ2v) is 7.29. The Labute approximate surface area is 164 Å². The number of β-amino-alcohol motifs (C(OH)–C–C–N with tert-alkyl or cyclic N) is 1. The van der Waals surface area contributed by atoms with Crippen LogP contribution in [-0.2, 0) is 0 Å². The summed E-state index contributed by atoms with van der Waals surface area (Å²) in [7, 11) is 0. The summed E-state index contributed by atoms with van der Waals surface area (Å²) >= 11 is 12.3. The minimum Gasteiger partial charge on any atom is -0.450 e. The predicted octanol–water partition coefficient (Wildman–Crippen LogP) is 3.95. The molecule has 27 heavy (non-hydrogen) atoms. The molecule has 0 radical (unpaired) electrons. The smallest absolute Gasteiger partial charge is 0.290 e. The predicted molar refractivity (Wildman–Crippen MR) is 104 cm³/mol. The number of nitrogens with zero attached hydrogens (tertiary/aromatic N) is 1. The van der Waals surface area contributed by atoms with Crippen molar-refractivity contribution >= 4 is 40.1 Å². The Balaban J connectivity index is 2.04. The molecule has 1 amide bonds. The molecule has 3 aromatic rings. The molecule has 0 fully saturated rings. The Hall–Kier alpha value is -2.34. The van der Waals surface area contributed by atoms with Gasteiger partial charge in [-0.2, -0.15) is 0 Å². The normalized spacial score (nSPS) is 16.2. The number of aliphatic hydroxyl groups excluding tert-OH is 1. The van der Waals surface area contributed by atoms with E-state index in [4.69, 9.17) is 27.6 Å². The number of benzene rings is 2. The highest BCUT2D eigenvalue weighted by Crippen LogP contribution is 2.39. The molecule has 1 aliphatic rings. The van der Waals surface area contributed by atoms with Gasteiger partial charge in [-0.05, 0) is 42.3 Å². The number of hydrogen-bond acceptors (Lipinski definition) is 4. The number of halogens is 2. The van der Waals surface area contributed by atoms with Crippen molar-refractivity contribution in [1.82, 2.24) is 4.90 Å². The lowest BCUT2D eigenvalue weighted by molar-refractivity contribution is 0.0691. The van der Waals surface area contributed by atoms with E-state index < -0.39 is 11.9 Å².